The first kappa shape index (κ1) is 15.4. The summed E-state index contributed by atoms with van der Waals surface area (Å²) < 4.78 is 0. The molecular formula is C18H25N3. The van der Waals surface area contributed by atoms with Crippen LogP contribution in [0.4, 0.5) is 0 Å². The summed E-state index contributed by atoms with van der Waals surface area (Å²) in [7, 11) is 0. The van der Waals surface area contributed by atoms with Gasteiger partial charge in [-0.15, -0.1) is 0 Å². The predicted octanol–water partition coefficient (Wildman–Crippen LogP) is 3.74. The van der Waals surface area contributed by atoms with Crippen molar-refractivity contribution in [3.63, 3.8) is 0 Å². The van der Waals surface area contributed by atoms with Crippen LogP contribution in [0.15, 0.2) is 47.9 Å². The van der Waals surface area contributed by atoms with Crippen molar-refractivity contribution >= 4 is 5.71 Å². The molecule has 1 aromatic rings. The summed E-state index contributed by atoms with van der Waals surface area (Å²) in [5.41, 5.74) is 8.76. The molecule has 2 rings (SSSR count). The molecule has 1 saturated heterocycles. The molecule has 1 heterocycles. The van der Waals surface area contributed by atoms with Gasteiger partial charge in [0.15, 0.2) is 0 Å². The minimum Gasteiger partial charge on any atom is -0.375 e. The average Bonchev–Trinajstić information content (AvgIpc) is 3.00. The second kappa shape index (κ2) is 7.11. The van der Waals surface area contributed by atoms with Crippen LogP contribution in [0.5, 0.6) is 0 Å². The molecule has 1 aromatic carbocycles. The minimum atomic E-state index is 0.959. The number of rotatable bonds is 5. The smallest absolute Gasteiger partial charge is 0.0925 e. The third kappa shape index (κ3) is 3.97. The van der Waals surface area contributed by atoms with Gasteiger partial charge in [0.2, 0.25) is 0 Å². The van der Waals surface area contributed by atoms with E-state index in [1.54, 1.807) is 6.20 Å². The summed E-state index contributed by atoms with van der Waals surface area (Å²) in [6.45, 7) is 12.4. The van der Waals surface area contributed by atoms with Gasteiger partial charge in [-0.2, -0.15) is 5.10 Å². The SMILES string of the molecule is C=CN/N=C(\C=C(/C)N1CCCC1)c1cc(C)ccc1C. The van der Waals surface area contributed by atoms with E-state index in [2.05, 4.69) is 67.1 Å². The van der Waals surface area contributed by atoms with Crippen molar-refractivity contribution in [2.45, 2.75) is 33.6 Å². The summed E-state index contributed by atoms with van der Waals surface area (Å²) in [6, 6.07) is 6.47. The van der Waals surface area contributed by atoms with Crippen molar-refractivity contribution in [2.24, 2.45) is 5.10 Å². The Hall–Kier alpha value is -2.03. The number of likely N-dealkylation sites (tertiary alicyclic amines) is 1. The second-order valence-corrected chi connectivity index (χ2v) is 5.63. The minimum absolute atomic E-state index is 0.959. The fraction of sp³-hybridized carbons (Fsp3) is 0.389. The zero-order chi connectivity index (χ0) is 15.2. The van der Waals surface area contributed by atoms with Crippen LogP contribution < -0.4 is 5.43 Å². The molecule has 1 fully saturated rings. The monoisotopic (exact) mass is 283 g/mol. The van der Waals surface area contributed by atoms with E-state index in [4.69, 9.17) is 0 Å². The maximum absolute atomic E-state index is 4.47. The zero-order valence-corrected chi connectivity index (χ0v) is 13.3. The van der Waals surface area contributed by atoms with Gasteiger partial charge in [0.05, 0.1) is 5.71 Å². The lowest BCUT2D eigenvalue weighted by atomic mass is 10.0. The van der Waals surface area contributed by atoms with Gasteiger partial charge in [0.25, 0.3) is 0 Å². The quantitative estimate of drug-likeness (QED) is 0.658. The maximum atomic E-state index is 4.47. The summed E-state index contributed by atoms with van der Waals surface area (Å²) in [4.78, 5) is 2.43. The molecule has 0 atom stereocenters. The van der Waals surface area contributed by atoms with Crippen LogP contribution in [0.3, 0.4) is 0 Å². The summed E-state index contributed by atoms with van der Waals surface area (Å²) in [6.07, 6.45) is 6.34. The van der Waals surface area contributed by atoms with E-state index >= 15 is 0 Å². The fourth-order valence-corrected chi connectivity index (χ4v) is 2.66. The van der Waals surface area contributed by atoms with Gasteiger partial charge in [-0.1, -0.05) is 24.3 Å². The molecule has 0 aromatic heterocycles. The van der Waals surface area contributed by atoms with Crippen LogP contribution in [-0.4, -0.2) is 23.7 Å². The molecule has 112 valence electrons. The largest absolute Gasteiger partial charge is 0.375 e. The first-order chi connectivity index (χ1) is 10.1. The molecule has 0 bridgehead atoms. The lowest BCUT2D eigenvalue weighted by Gasteiger charge is -2.19. The molecule has 1 aliphatic rings. The fourth-order valence-electron chi connectivity index (χ4n) is 2.66. The van der Waals surface area contributed by atoms with Gasteiger partial charge in [-0.05, 0) is 51.3 Å². The molecule has 3 nitrogen and oxygen atoms in total. The maximum Gasteiger partial charge on any atom is 0.0925 e. The van der Waals surface area contributed by atoms with Crippen molar-refractivity contribution in [3.05, 3.63) is 59.4 Å². The van der Waals surface area contributed by atoms with Gasteiger partial charge in [-0.25, -0.2) is 0 Å². The van der Waals surface area contributed by atoms with E-state index in [9.17, 15) is 0 Å². The third-order valence-electron chi connectivity index (χ3n) is 3.90. The molecule has 1 aliphatic heterocycles. The number of hydrazone groups is 1. The number of hydrogen-bond acceptors (Lipinski definition) is 3. The Morgan fingerprint density at radius 2 is 2.00 bits per heavy atom. The normalized spacial score (nSPS) is 16.2. The Kier molecular flexibility index (Phi) is 5.20. The van der Waals surface area contributed by atoms with Gasteiger partial charge < -0.3 is 4.90 Å². The number of nitrogens with one attached hydrogen (secondary N) is 1. The summed E-state index contributed by atoms with van der Waals surface area (Å²) >= 11 is 0. The highest BCUT2D eigenvalue weighted by molar-refractivity contribution is 6.09. The van der Waals surface area contributed by atoms with Crippen molar-refractivity contribution in [1.82, 2.24) is 10.3 Å². The molecule has 0 amide bonds. The van der Waals surface area contributed by atoms with E-state index in [1.807, 2.05) is 0 Å². The number of allylic oxidation sites excluding steroid dienone is 2. The Labute approximate surface area is 128 Å². The molecule has 1 N–H and O–H groups in total. The van der Waals surface area contributed by atoms with Gasteiger partial charge in [0.1, 0.15) is 0 Å². The standard InChI is InChI=1S/C18H25N3/c1-5-19-20-18(13-16(4)21-10-6-7-11-21)17-12-14(2)8-9-15(17)3/h5,8-9,12-13,19H,1,6-7,10-11H2,2-4H3/b16-13+,20-18+. The highest BCUT2D eigenvalue weighted by Gasteiger charge is 2.13. The first-order valence-corrected chi connectivity index (χ1v) is 7.57. The molecule has 0 aliphatic carbocycles. The molecule has 21 heavy (non-hydrogen) atoms. The molecular weight excluding hydrogens is 258 g/mol. The Morgan fingerprint density at radius 3 is 2.67 bits per heavy atom. The van der Waals surface area contributed by atoms with Gasteiger partial charge in [0, 0.05) is 30.5 Å². The van der Waals surface area contributed by atoms with Crippen molar-refractivity contribution in [3.8, 4) is 0 Å². The summed E-state index contributed by atoms with van der Waals surface area (Å²) in [5.74, 6) is 0. The van der Waals surface area contributed by atoms with Crippen LogP contribution in [0.25, 0.3) is 0 Å². The lowest BCUT2D eigenvalue weighted by molar-refractivity contribution is 0.428. The van der Waals surface area contributed by atoms with Crippen molar-refractivity contribution in [1.29, 1.82) is 0 Å². The van der Waals surface area contributed by atoms with Crippen molar-refractivity contribution < 1.29 is 0 Å². The lowest BCUT2D eigenvalue weighted by Crippen LogP contribution is -2.18. The summed E-state index contributed by atoms with van der Waals surface area (Å²) in [5, 5.41) is 4.47. The van der Waals surface area contributed by atoms with Gasteiger partial charge >= 0.3 is 0 Å². The van der Waals surface area contributed by atoms with Crippen LogP contribution in [-0.2, 0) is 0 Å². The van der Waals surface area contributed by atoms with E-state index in [0.717, 1.165) is 18.8 Å². The highest BCUT2D eigenvalue weighted by Crippen LogP contribution is 2.17. The van der Waals surface area contributed by atoms with Gasteiger partial charge in [-0.3, -0.25) is 5.43 Å². The molecule has 0 unspecified atom stereocenters. The van der Waals surface area contributed by atoms with E-state index < -0.39 is 0 Å². The third-order valence-corrected chi connectivity index (χ3v) is 3.90. The second-order valence-electron chi connectivity index (χ2n) is 5.63. The van der Waals surface area contributed by atoms with E-state index in [0.29, 0.717) is 0 Å². The molecule has 0 radical (unpaired) electrons. The predicted molar refractivity (Wildman–Crippen MR) is 90.3 cm³/mol. The first-order valence-electron chi connectivity index (χ1n) is 7.57. The van der Waals surface area contributed by atoms with Crippen LogP contribution in [0, 0.1) is 13.8 Å². The molecule has 0 spiro atoms. The number of hydrogen-bond donors (Lipinski definition) is 1. The Bertz CT molecular complexity index is 564. The Balaban J connectivity index is 2.36. The van der Waals surface area contributed by atoms with E-state index in [1.165, 1.54) is 35.2 Å². The number of aryl methyl sites for hydroxylation is 2. The zero-order valence-electron chi connectivity index (χ0n) is 13.3. The van der Waals surface area contributed by atoms with Crippen molar-refractivity contribution in [2.75, 3.05) is 13.1 Å². The number of nitrogens with zero attached hydrogens (tertiary/aromatic N) is 2. The van der Waals surface area contributed by atoms with Crippen LogP contribution >= 0.6 is 0 Å². The Morgan fingerprint density at radius 1 is 1.29 bits per heavy atom. The molecule has 3 heteroatoms. The number of benzene rings is 1. The average molecular weight is 283 g/mol. The topological polar surface area (TPSA) is 27.6 Å². The highest BCUT2D eigenvalue weighted by atomic mass is 15.3. The van der Waals surface area contributed by atoms with E-state index in [-0.39, 0.29) is 0 Å². The van der Waals surface area contributed by atoms with Crippen LogP contribution in [0.2, 0.25) is 0 Å². The van der Waals surface area contributed by atoms with Crippen LogP contribution in [0.1, 0.15) is 36.5 Å². The molecule has 0 saturated carbocycles.